The first kappa shape index (κ1) is 43.3. The van der Waals surface area contributed by atoms with Gasteiger partial charge in [0.1, 0.15) is 31.0 Å². The molecule has 3 aliphatic heterocycles. The number of alkyl halides is 3. The fourth-order valence-corrected chi connectivity index (χ4v) is 6.94. The zero-order valence-corrected chi connectivity index (χ0v) is 31.6. The predicted octanol–water partition coefficient (Wildman–Crippen LogP) is 2.96. The van der Waals surface area contributed by atoms with Crippen molar-refractivity contribution in [1.29, 1.82) is 0 Å². The van der Waals surface area contributed by atoms with Gasteiger partial charge in [0.15, 0.2) is 31.1 Å². The number of ether oxygens (including phenoxy) is 8. The standard InChI is InChI=1S/C42H38F3NO15/c43-42(44,45)40(53)46-41(61-39-30(48)29(47)31-27(57-39)21-55-38(58-31)26-19-11-4-12-20-26)32(59-37(52)33(41)60-36(51)25-17-9-3-10-18-25)28(56-35(50)24-15-7-2-8-16-24)22-54-34(49)23-13-5-1-6-14-23/h1-20,27-33,37-39,47-48,52H,21-22H2,(H,46,53)/t27-,28-,29-,30-,31+,32+,33+,37-,38?,39-,41+/m1/s1. The number of carbonyl (C=O) groups excluding carboxylic acids is 4. The number of benzene rings is 4. The first-order valence-electron chi connectivity index (χ1n) is 18.7. The summed E-state index contributed by atoms with van der Waals surface area (Å²) in [5.41, 5.74) is -3.11. The quantitative estimate of drug-likeness (QED) is 0.0916. The van der Waals surface area contributed by atoms with Gasteiger partial charge in [-0.15, -0.1) is 0 Å². The largest absolute Gasteiger partial charge is 0.471 e. The van der Waals surface area contributed by atoms with Gasteiger partial charge in [-0.2, -0.15) is 13.2 Å². The number of nitrogens with one attached hydrogen (secondary N) is 1. The van der Waals surface area contributed by atoms with Crippen molar-refractivity contribution in [2.24, 2.45) is 0 Å². The smallest absolute Gasteiger partial charge is 0.458 e. The first-order valence-corrected chi connectivity index (χ1v) is 18.7. The summed E-state index contributed by atoms with van der Waals surface area (Å²) < 4.78 is 89.2. The summed E-state index contributed by atoms with van der Waals surface area (Å²) >= 11 is 0. The second-order valence-corrected chi connectivity index (χ2v) is 14.0. The van der Waals surface area contributed by atoms with Gasteiger partial charge in [0.25, 0.3) is 0 Å². The summed E-state index contributed by atoms with van der Waals surface area (Å²) in [7, 11) is 0. The molecule has 0 bridgehead atoms. The van der Waals surface area contributed by atoms with Crippen molar-refractivity contribution in [3.05, 3.63) is 144 Å². The number of hydrogen-bond acceptors (Lipinski definition) is 15. The molecule has 61 heavy (non-hydrogen) atoms. The number of aliphatic hydroxyl groups is 3. The van der Waals surface area contributed by atoms with Crippen molar-refractivity contribution >= 4 is 23.8 Å². The van der Waals surface area contributed by atoms with E-state index in [4.69, 9.17) is 37.9 Å². The molecule has 4 aromatic rings. The molecular weight excluding hydrogens is 815 g/mol. The number of aliphatic hydroxyl groups excluding tert-OH is 3. The third-order valence-corrected chi connectivity index (χ3v) is 9.91. The van der Waals surface area contributed by atoms with Gasteiger partial charge in [-0.05, 0) is 36.4 Å². The lowest BCUT2D eigenvalue weighted by atomic mass is 9.94. The zero-order chi connectivity index (χ0) is 43.3. The van der Waals surface area contributed by atoms with Gasteiger partial charge in [-0.3, -0.25) is 4.79 Å². The highest BCUT2D eigenvalue weighted by Crippen LogP contribution is 2.42. The molecule has 11 atom stereocenters. The molecule has 1 amide bonds. The Morgan fingerprint density at radius 2 is 1.26 bits per heavy atom. The van der Waals surface area contributed by atoms with Crippen LogP contribution in [-0.2, 0) is 42.7 Å². The van der Waals surface area contributed by atoms with Crippen molar-refractivity contribution in [1.82, 2.24) is 5.32 Å². The van der Waals surface area contributed by atoms with E-state index in [1.807, 2.05) is 0 Å². The molecule has 0 spiro atoms. The molecule has 3 saturated heterocycles. The maximum atomic E-state index is 14.4. The Morgan fingerprint density at radius 1 is 0.721 bits per heavy atom. The molecule has 16 nitrogen and oxygen atoms in total. The number of esters is 3. The Kier molecular flexibility index (Phi) is 13.1. The van der Waals surface area contributed by atoms with Crippen LogP contribution in [0.25, 0.3) is 0 Å². The molecule has 7 rings (SSSR count). The molecule has 322 valence electrons. The van der Waals surface area contributed by atoms with E-state index >= 15 is 0 Å². The molecule has 0 aliphatic carbocycles. The van der Waals surface area contributed by atoms with E-state index in [0.29, 0.717) is 5.56 Å². The molecule has 0 radical (unpaired) electrons. The molecule has 1 unspecified atom stereocenters. The van der Waals surface area contributed by atoms with E-state index in [9.17, 15) is 47.7 Å². The van der Waals surface area contributed by atoms with Crippen LogP contribution >= 0.6 is 0 Å². The predicted molar refractivity (Wildman–Crippen MR) is 198 cm³/mol. The average Bonchev–Trinajstić information content (AvgIpc) is 3.53. The van der Waals surface area contributed by atoms with Gasteiger partial charge < -0.3 is 58.5 Å². The summed E-state index contributed by atoms with van der Waals surface area (Å²) in [6, 6.07) is 30.0. The van der Waals surface area contributed by atoms with Gasteiger partial charge in [0, 0.05) is 5.56 Å². The molecule has 0 saturated carbocycles. The first-order chi connectivity index (χ1) is 29.2. The number of amides is 1. The summed E-state index contributed by atoms with van der Waals surface area (Å²) in [5.74, 6) is -6.20. The molecule has 4 aromatic carbocycles. The van der Waals surface area contributed by atoms with Crippen molar-refractivity contribution in [2.45, 2.75) is 73.5 Å². The van der Waals surface area contributed by atoms with Crippen molar-refractivity contribution in [2.75, 3.05) is 13.2 Å². The van der Waals surface area contributed by atoms with Gasteiger partial charge in [-0.25, -0.2) is 14.4 Å². The van der Waals surface area contributed by atoms with Crippen LogP contribution in [0.1, 0.15) is 42.9 Å². The maximum Gasteiger partial charge on any atom is 0.471 e. The zero-order valence-electron chi connectivity index (χ0n) is 31.6. The average molecular weight is 854 g/mol. The lowest BCUT2D eigenvalue weighted by Crippen LogP contribution is -2.72. The highest BCUT2D eigenvalue weighted by Gasteiger charge is 2.68. The van der Waals surface area contributed by atoms with E-state index in [1.54, 1.807) is 53.8 Å². The third-order valence-electron chi connectivity index (χ3n) is 9.91. The van der Waals surface area contributed by atoms with Crippen molar-refractivity contribution in [3.63, 3.8) is 0 Å². The Hall–Kier alpha value is -5.77. The summed E-state index contributed by atoms with van der Waals surface area (Å²) in [4.78, 5) is 53.5. The van der Waals surface area contributed by atoms with Crippen LogP contribution in [0.5, 0.6) is 0 Å². The lowest BCUT2D eigenvalue weighted by Gasteiger charge is -2.49. The number of hydrogen-bond donors (Lipinski definition) is 4. The van der Waals surface area contributed by atoms with Crippen LogP contribution in [0, 0.1) is 0 Å². The molecule has 19 heteroatoms. The second-order valence-electron chi connectivity index (χ2n) is 14.0. The highest BCUT2D eigenvalue weighted by atomic mass is 19.4. The van der Waals surface area contributed by atoms with E-state index in [1.165, 1.54) is 72.8 Å². The van der Waals surface area contributed by atoms with Gasteiger partial charge >= 0.3 is 30.0 Å². The van der Waals surface area contributed by atoms with Crippen molar-refractivity contribution in [3.8, 4) is 0 Å². The van der Waals surface area contributed by atoms with E-state index in [0.717, 1.165) is 0 Å². The van der Waals surface area contributed by atoms with Crippen LogP contribution in [0.15, 0.2) is 121 Å². The molecule has 4 N–H and O–H groups in total. The van der Waals surface area contributed by atoms with E-state index < -0.39 is 104 Å². The Bertz CT molecular complexity index is 2130. The summed E-state index contributed by atoms with van der Waals surface area (Å²) in [6.45, 7) is -1.38. The Labute approximate surface area is 344 Å². The maximum absolute atomic E-state index is 14.4. The molecular formula is C42H38F3NO15. The number of rotatable bonds is 12. The Morgan fingerprint density at radius 3 is 1.84 bits per heavy atom. The second kappa shape index (κ2) is 18.5. The number of carbonyl (C=O) groups is 4. The van der Waals surface area contributed by atoms with Gasteiger partial charge in [0.05, 0.1) is 23.3 Å². The summed E-state index contributed by atoms with van der Waals surface area (Å²) in [5, 5.41) is 36.0. The third kappa shape index (κ3) is 9.59. The van der Waals surface area contributed by atoms with Crippen LogP contribution in [0.4, 0.5) is 13.2 Å². The highest BCUT2D eigenvalue weighted by molar-refractivity contribution is 5.91. The minimum Gasteiger partial charge on any atom is -0.458 e. The van der Waals surface area contributed by atoms with Gasteiger partial charge in [-0.1, -0.05) is 84.9 Å². The summed E-state index contributed by atoms with van der Waals surface area (Å²) in [6.07, 6.45) is -25.3. The van der Waals surface area contributed by atoms with Crippen LogP contribution < -0.4 is 5.32 Å². The lowest BCUT2D eigenvalue weighted by molar-refractivity contribution is -0.383. The minimum atomic E-state index is -5.72. The molecule has 3 fully saturated rings. The number of halogens is 3. The fourth-order valence-electron chi connectivity index (χ4n) is 6.94. The van der Waals surface area contributed by atoms with Crippen LogP contribution in [0.3, 0.4) is 0 Å². The van der Waals surface area contributed by atoms with Crippen LogP contribution in [0.2, 0.25) is 0 Å². The van der Waals surface area contributed by atoms with E-state index in [2.05, 4.69) is 0 Å². The molecule has 0 aromatic heterocycles. The van der Waals surface area contributed by atoms with E-state index in [-0.39, 0.29) is 23.3 Å². The normalized spacial score (nSPS) is 29.0. The van der Waals surface area contributed by atoms with Crippen molar-refractivity contribution < 1.29 is 85.6 Å². The fraction of sp³-hybridized carbons (Fsp3) is 0.333. The monoisotopic (exact) mass is 853 g/mol. The molecule has 3 aliphatic rings. The Balaban J connectivity index is 1.30. The van der Waals surface area contributed by atoms with Gasteiger partial charge in [0.2, 0.25) is 11.8 Å². The molecule has 3 heterocycles. The number of fused-ring (bicyclic) bond motifs is 1. The van der Waals surface area contributed by atoms with Crippen LogP contribution in [-0.4, -0.2) is 120 Å². The minimum absolute atomic E-state index is 0.000686. The SMILES string of the molecule is O=C(OC[C@@H](OC(=O)c1ccccc1)[C@@H]1O[C@@H](O)[C@H](OC(=O)c2ccccc2)[C@@]1(NC(=O)C(F)(F)F)O[C@H]1O[C@@H]2COC(c3ccccc3)O[C@@H]2[C@H](O)[C@H]1O)c1ccccc1. The topological polar surface area (TPSA) is 215 Å².